The van der Waals surface area contributed by atoms with Gasteiger partial charge in [-0.15, -0.1) is 0 Å². The van der Waals surface area contributed by atoms with Crippen LogP contribution in [-0.2, 0) is 4.74 Å². The molecule has 152 valence electrons. The molecule has 0 spiro atoms. The fourth-order valence-electron chi connectivity index (χ4n) is 3.44. The molecule has 0 atom stereocenters. The van der Waals surface area contributed by atoms with Crippen LogP contribution in [0.15, 0.2) is 48.5 Å². The van der Waals surface area contributed by atoms with Gasteiger partial charge < -0.3 is 15.0 Å². The number of benzene rings is 2. The predicted octanol–water partition coefficient (Wildman–Crippen LogP) is 3.89. The Balaban J connectivity index is 1.87. The van der Waals surface area contributed by atoms with E-state index >= 15 is 0 Å². The third kappa shape index (κ3) is 5.49. The van der Waals surface area contributed by atoms with Crippen molar-refractivity contribution in [2.24, 2.45) is 5.92 Å². The largest absolute Gasteiger partial charge is 0.378 e. The Kier molecular flexibility index (Phi) is 7.09. The lowest BCUT2D eigenvalue weighted by molar-refractivity contribution is 0.122. The predicted molar refractivity (Wildman–Crippen MR) is 116 cm³/mol. The molecule has 29 heavy (non-hydrogen) atoms. The van der Waals surface area contributed by atoms with Crippen molar-refractivity contribution in [1.82, 2.24) is 5.32 Å². The maximum Gasteiger partial charge on any atom is 0.322 e. The first-order valence-corrected chi connectivity index (χ1v) is 10.0. The van der Waals surface area contributed by atoms with Crippen LogP contribution in [0.4, 0.5) is 16.2 Å². The molecule has 0 bridgehead atoms. The van der Waals surface area contributed by atoms with Gasteiger partial charge in [0.1, 0.15) is 6.54 Å². The number of ether oxygens (including phenoxy) is 1. The van der Waals surface area contributed by atoms with Gasteiger partial charge in [-0.05, 0) is 41.3 Å². The Morgan fingerprint density at radius 3 is 2.55 bits per heavy atom. The fourth-order valence-corrected chi connectivity index (χ4v) is 3.44. The van der Waals surface area contributed by atoms with Crippen molar-refractivity contribution >= 4 is 17.4 Å². The molecule has 0 saturated carbocycles. The molecule has 1 aliphatic heterocycles. The van der Waals surface area contributed by atoms with E-state index in [0.29, 0.717) is 12.5 Å². The maximum absolute atomic E-state index is 12.6. The highest BCUT2D eigenvalue weighted by Gasteiger charge is 2.18. The van der Waals surface area contributed by atoms with E-state index in [1.165, 1.54) is 5.69 Å². The Hall–Kier alpha value is -3.04. The van der Waals surface area contributed by atoms with Crippen LogP contribution in [0.3, 0.4) is 0 Å². The van der Waals surface area contributed by atoms with Gasteiger partial charge in [0, 0.05) is 31.0 Å². The minimum Gasteiger partial charge on any atom is -0.378 e. The van der Waals surface area contributed by atoms with Gasteiger partial charge in [-0.3, -0.25) is 4.90 Å². The summed E-state index contributed by atoms with van der Waals surface area (Å²) in [6, 6.07) is 18.2. The van der Waals surface area contributed by atoms with Gasteiger partial charge in [0.05, 0.1) is 19.3 Å². The van der Waals surface area contributed by atoms with E-state index in [2.05, 4.69) is 54.4 Å². The third-order valence-corrected chi connectivity index (χ3v) is 4.83. The fraction of sp³-hybridized carbons (Fsp3) is 0.391. The van der Waals surface area contributed by atoms with Crippen LogP contribution in [0, 0.1) is 17.2 Å². The number of hydrogen-bond donors (Lipinski definition) is 1. The van der Waals surface area contributed by atoms with Crippen LogP contribution < -0.4 is 15.1 Å². The van der Waals surface area contributed by atoms with Gasteiger partial charge in [-0.2, -0.15) is 5.26 Å². The van der Waals surface area contributed by atoms with Crippen LogP contribution in [0.2, 0.25) is 0 Å². The number of morpholine rings is 1. The molecule has 0 radical (unpaired) electrons. The zero-order valence-corrected chi connectivity index (χ0v) is 17.1. The van der Waals surface area contributed by atoms with Gasteiger partial charge in [-0.1, -0.05) is 38.1 Å². The van der Waals surface area contributed by atoms with E-state index in [9.17, 15) is 4.79 Å². The molecule has 2 aromatic carbocycles. The quantitative estimate of drug-likeness (QED) is 0.758. The number of amides is 2. The molecule has 6 nitrogen and oxygen atoms in total. The van der Waals surface area contributed by atoms with E-state index in [1.54, 1.807) is 4.90 Å². The number of nitriles is 1. The summed E-state index contributed by atoms with van der Waals surface area (Å²) in [5, 5.41) is 11.4. The summed E-state index contributed by atoms with van der Waals surface area (Å²) in [6.45, 7) is 8.00. The number of hydrogen-bond acceptors (Lipinski definition) is 4. The first-order chi connectivity index (χ1) is 14.1. The Morgan fingerprint density at radius 2 is 1.86 bits per heavy atom. The molecular formula is C23H28N4O2. The lowest BCUT2D eigenvalue weighted by atomic mass is 10.0. The summed E-state index contributed by atoms with van der Waals surface area (Å²) in [7, 11) is 0. The summed E-state index contributed by atoms with van der Waals surface area (Å²) in [4.78, 5) is 16.6. The van der Waals surface area contributed by atoms with Gasteiger partial charge in [-0.25, -0.2) is 4.79 Å². The van der Waals surface area contributed by atoms with Crippen molar-refractivity contribution in [1.29, 1.82) is 5.26 Å². The molecule has 1 heterocycles. The summed E-state index contributed by atoms with van der Waals surface area (Å²) < 4.78 is 5.45. The van der Waals surface area contributed by atoms with Crippen molar-refractivity contribution < 1.29 is 9.53 Å². The molecule has 3 rings (SSSR count). The molecule has 6 heteroatoms. The summed E-state index contributed by atoms with van der Waals surface area (Å²) in [6.07, 6.45) is 0. The minimum absolute atomic E-state index is 0.00524. The second kappa shape index (κ2) is 9.94. The zero-order valence-electron chi connectivity index (χ0n) is 17.1. The molecule has 1 fully saturated rings. The first kappa shape index (κ1) is 20.7. The Labute approximate surface area is 172 Å². The number of urea groups is 1. The van der Waals surface area contributed by atoms with E-state index in [0.717, 1.165) is 43.1 Å². The highest BCUT2D eigenvalue weighted by Crippen LogP contribution is 2.29. The number of carbonyl (C=O) groups is 1. The molecule has 0 aliphatic carbocycles. The van der Waals surface area contributed by atoms with Gasteiger partial charge in [0.25, 0.3) is 0 Å². The van der Waals surface area contributed by atoms with Crippen molar-refractivity contribution in [2.75, 3.05) is 49.2 Å². The van der Waals surface area contributed by atoms with Crippen molar-refractivity contribution in [2.45, 2.75) is 13.8 Å². The standard InChI is InChI=1S/C23H28N4O2/c1-18(2)17-27(23(28)25-10-9-24)22-8-4-6-20(16-22)19-5-3-7-21(15-19)26-11-13-29-14-12-26/h3-8,15-16,18H,10-14,17H2,1-2H3,(H,25,28). The monoisotopic (exact) mass is 392 g/mol. The van der Waals surface area contributed by atoms with E-state index in [4.69, 9.17) is 10.00 Å². The number of nitrogens with one attached hydrogen (secondary N) is 1. The van der Waals surface area contributed by atoms with Crippen LogP contribution in [0.25, 0.3) is 11.1 Å². The van der Waals surface area contributed by atoms with Crippen molar-refractivity contribution in [3.63, 3.8) is 0 Å². The first-order valence-electron chi connectivity index (χ1n) is 10.0. The minimum atomic E-state index is -0.250. The maximum atomic E-state index is 12.6. The normalized spacial score (nSPS) is 13.8. The lowest BCUT2D eigenvalue weighted by Crippen LogP contribution is -2.42. The highest BCUT2D eigenvalue weighted by molar-refractivity contribution is 5.93. The van der Waals surface area contributed by atoms with Crippen LogP contribution in [-0.4, -0.2) is 45.4 Å². The summed E-state index contributed by atoms with van der Waals surface area (Å²) in [5.74, 6) is 0.302. The Morgan fingerprint density at radius 1 is 1.17 bits per heavy atom. The molecule has 0 unspecified atom stereocenters. The lowest BCUT2D eigenvalue weighted by Gasteiger charge is -2.29. The second-order valence-electron chi connectivity index (χ2n) is 7.52. The smallest absolute Gasteiger partial charge is 0.322 e. The number of rotatable bonds is 6. The molecule has 1 aliphatic rings. The molecule has 2 amide bonds. The number of carbonyl (C=O) groups excluding carboxylic acids is 1. The van der Waals surface area contributed by atoms with Crippen LogP contribution in [0.5, 0.6) is 0 Å². The van der Waals surface area contributed by atoms with Gasteiger partial charge in [0.15, 0.2) is 0 Å². The topological polar surface area (TPSA) is 68.6 Å². The molecule has 2 aromatic rings. The third-order valence-electron chi connectivity index (χ3n) is 4.83. The Bertz CT molecular complexity index is 869. The van der Waals surface area contributed by atoms with E-state index in [1.807, 2.05) is 24.3 Å². The molecule has 0 aromatic heterocycles. The summed E-state index contributed by atoms with van der Waals surface area (Å²) >= 11 is 0. The molecular weight excluding hydrogens is 364 g/mol. The van der Waals surface area contributed by atoms with E-state index < -0.39 is 0 Å². The number of nitrogens with zero attached hydrogens (tertiary/aromatic N) is 3. The van der Waals surface area contributed by atoms with Crippen molar-refractivity contribution in [3.8, 4) is 17.2 Å². The summed E-state index contributed by atoms with van der Waals surface area (Å²) in [5.41, 5.74) is 4.17. The highest BCUT2D eigenvalue weighted by atomic mass is 16.5. The average molecular weight is 393 g/mol. The van der Waals surface area contributed by atoms with Crippen LogP contribution >= 0.6 is 0 Å². The zero-order chi connectivity index (χ0) is 20.6. The number of anilines is 2. The van der Waals surface area contributed by atoms with Crippen LogP contribution in [0.1, 0.15) is 13.8 Å². The van der Waals surface area contributed by atoms with Gasteiger partial charge >= 0.3 is 6.03 Å². The molecule has 1 N–H and O–H groups in total. The van der Waals surface area contributed by atoms with E-state index in [-0.39, 0.29) is 12.6 Å². The molecule has 1 saturated heterocycles. The second-order valence-corrected chi connectivity index (χ2v) is 7.52. The average Bonchev–Trinajstić information content (AvgIpc) is 2.76. The SMILES string of the molecule is CC(C)CN(C(=O)NCC#N)c1cccc(-c2cccc(N3CCOCC3)c2)c1. The van der Waals surface area contributed by atoms with Gasteiger partial charge in [0.2, 0.25) is 0 Å². The van der Waals surface area contributed by atoms with Crippen molar-refractivity contribution in [3.05, 3.63) is 48.5 Å².